The monoisotopic (exact) mass is 287 g/mol. The van der Waals surface area contributed by atoms with Crippen molar-refractivity contribution in [1.29, 1.82) is 0 Å². The Morgan fingerprint density at radius 1 is 1.37 bits per heavy atom. The van der Waals surface area contributed by atoms with E-state index in [1.807, 2.05) is 19.1 Å². The number of thiophene rings is 1. The van der Waals surface area contributed by atoms with E-state index < -0.39 is 11.9 Å². The summed E-state index contributed by atoms with van der Waals surface area (Å²) in [4.78, 5) is 5.46. The first-order chi connectivity index (χ1) is 8.86. The van der Waals surface area contributed by atoms with Crippen LogP contribution in [-0.4, -0.2) is 4.98 Å². The SMILES string of the molecule is Cc1ccc(CNc2cc(C(F)(F)F)ncc2N)s1. The summed E-state index contributed by atoms with van der Waals surface area (Å²) in [5.74, 6) is 0. The number of pyridine rings is 1. The highest BCUT2D eigenvalue weighted by atomic mass is 32.1. The lowest BCUT2D eigenvalue weighted by Crippen LogP contribution is -2.10. The van der Waals surface area contributed by atoms with Gasteiger partial charge < -0.3 is 11.1 Å². The molecule has 19 heavy (non-hydrogen) atoms. The number of nitrogen functional groups attached to an aromatic ring is 1. The van der Waals surface area contributed by atoms with Gasteiger partial charge in [0.25, 0.3) is 0 Å². The van der Waals surface area contributed by atoms with Gasteiger partial charge in [0.15, 0.2) is 0 Å². The van der Waals surface area contributed by atoms with Crippen LogP contribution in [0.1, 0.15) is 15.4 Å². The third kappa shape index (κ3) is 3.37. The van der Waals surface area contributed by atoms with Gasteiger partial charge in [0.05, 0.1) is 17.6 Å². The van der Waals surface area contributed by atoms with Crippen molar-refractivity contribution in [2.24, 2.45) is 0 Å². The summed E-state index contributed by atoms with van der Waals surface area (Å²) < 4.78 is 37.6. The number of anilines is 2. The molecule has 3 N–H and O–H groups in total. The summed E-state index contributed by atoms with van der Waals surface area (Å²) in [6.45, 7) is 2.40. The Bertz CT molecular complexity index is 578. The summed E-state index contributed by atoms with van der Waals surface area (Å²) in [7, 11) is 0. The molecule has 7 heteroatoms. The Balaban J connectivity index is 2.15. The molecular formula is C12H12F3N3S. The predicted molar refractivity (Wildman–Crippen MR) is 70.0 cm³/mol. The van der Waals surface area contributed by atoms with Crippen molar-refractivity contribution in [1.82, 2.24) is 4.98 Å². The van der Waals surface area contributed by atoms with Gasteiger partial charge >= 0.3 is 6.18 Å². The fraction of sp³-hybridized carbons (Fsp3) is 0.250. The summed E-state index contributed by atoms with van der Waals surface area (Å²) in [6.07, 6.45) is -3.45. The normalized spacial score (nSPS) is 11.6. The first kappa shape index (κ1) is 13.7. The molecule has 0 atom stereocenters. The third-order valence-electron chi connectivity index (χ3n) is 2.47. The Morgan fingerprint density at radius 2 is 2.11 bits per heavy atom. The maximum atomic E-state index is 12.5. The van der Waals surface area contributed by atoms with Crippen molar-refractivity contribution in [2.45, 2.75) is 19.6 Å². The Kier molecular flexibility index (Phi) is 3.66. The van der Waals surface area contributed by atoms with E-state index in [0.29, 0.717) is 6.54 Å². The molecule has 0 aromatic carbocycles. The highest BCUT2D eigenvalue weighted by Crippen LogP contribution is 2.31. The van der Waals surface area contributed by atoms with Crippen LogP contribution >= 0.6 is 11.3 Å². The average molecular weight is 287 g/mol. The van der Waals surface area contributed by atoms with E-state index in [-0.39, 0.29) is 11.4 Å². The van der Waals surface area contributed by atoms with Crippen molar-refractivity contribution in [3.8, 4) is 0 Å². The number of alkyl halides is 3. The van der Waals surface area contributed by atoms with E-state index in [2.05, 4.69) is 10.3 Å². The standard InChI is InChI=1S/C12H12F3N3S/c1-7-2-3-8(19-7)5-17-10-4-11(12(13,14)15)18-6-9(10)16/h2-4,6H,5,16H2,1H3,(H,17,18). The molecule has 0 aliphatic rings. The molecule has 0 saturated heterocycles. The van der Waals surface area contributed by atoms with Gasteiger partial charge in [0.1, 0.15) is 5.69 Å². The second kappa shape index (κ2) is 5.08. The number of rotatable bonds is 3. The van der Waals surface area contributed by atoms with E-state index in [1.54, 1.807) is 11.3 Å². The minimum Gasteiger partial charge on any atom is -0.396 e. The minimum atomic E-state index is -4.47. The quantitative estimate of drug-likeness (QED) is 0.905. The molecule has 3 nitrogen and oxygen atoms in total. The average Bonchev–Trinajstić information content (AvgIpc) is 2.72. The lowest BCUT2D eigenvalue weighted by atomic mass is 10.2. The molecule has 2 heterocycles. The van der Waals surface area contributed by atoms with Gasteiger partial charge in [-0.25, -0.2) is 4.98 Å². The second-order valence-electron chi connectivity index (χ2n) is 4.02. The van der Waals surface area contributed by atoms with Gasteiger partial charge in [-0.2, -0.15) is 13.2 Å². The molecule has 2 rings (SSSR count). The van der Waals surface area contributed by atoms with Crippen molar-refractivity contribution >= 4 is 22.7 Å². The number of nitrogens with one attached hydrogen (secondary N) is 1. The highest BCUT2D eigenvalue weighted by molar-refractivity contribution is 7.11. The van der Waals surface area contributed by atoms with Gasteiger partial charge in [0.2, 0.25) is 0 Å². The Labute approximate surface area is 112 Å². The van der Waals surface area contributed by atoms with Gasteiger partial charge in [-0.05, 0) is 25.1 Å². The second-order valence-corrected chi connectivity index (χ2v) is 5.39. The number of nitrogens with two attached hydrogens (primary N) is 1. The summed E-state index contributed by atoms with van der Waals surface area (Å²) >= 11 is 1.58. The van der Waals surface area contributed by atoms with Gasteiger partial charge in [-0.15, -0.1) is 11.3 Å². The number of aryl methyl sites for hydroxylation is 1. The Morgan fingerprint density at radius 3 is 2.68 bits per heavy atom. The van der Waals surface area contributed by atoms with Crippen LogP contribution in [-0.2, 0) is 12.7 Å². The van der Waals surface area contributed by atoms with Crippen molar-refractivity contribution in [2.75, 3.05) is 11.1 Å². The molecule has 0 saturated carbocycles. The lowest BCUT2D eigenvalue weighted by molar-refractivity contribution is -0.141. The third-order valence-corrected chi connectivity index (χ3v) is 3.47. The predicted octanol–water partition coefficient (Wildman–Crippen LogP) is 3.66. The molecule has 0 spiro atoms. The van der Waals surface area contributed by atoms with Crippen LogP contribution in [0, 0.1) is 6.92 Å². The molecule has 0 fully saturated rings. The van der Waals surface area contributed by atoms with Gasteiger partial charge in [-0.3, -0.25) is 0 Å². The maximum absolute atomic E-state index is 12.5. The van der Waals surface area contributed by atoms with Crippen LogP contribution in [0.15, 0.2) is 24.4 Å². The first-order valence-electron chi connectivity index (χ1n) is 5.48. The Hall–Kier alpha value is -1.76. The van der Waals surface area contributed by atoms with E-state index >= 15 is 0 Å². The molecule has 0 unspecified atom stereocenters. The van der Waals surface area contributed by atoms with Gasteiger partial charge in [0, 0.05) is 16.3 Å². The first-order valence-corrected chi connectivity index (χ1v) is 6.30. The molecule has 0 aliphatic carbocycles. The van der Waals surface area contributed by atoms with Crippen molar-refractivity contribution in [3.05, 3.63) is 39.8 Å². The molecule has 0 radical (unpaired) electrons. The zero-order valence-corrected chi connectivity index (χ0v) is 10.9. The zero-order chi connectivity index (χ0) is 14.0. The van der Waals surface area contributed by atoms with Crippen LogP contribution in [0.3, 0.4) is 0 Å². The number of halogens is 3. The fourth-order valence-electron chi connectivity index (χ4n) is 1.54. The number of hydrogen-bond acceptors (Lipinski definition) is 4. The van der Waals surface area contributed by atoms with Crippen molar-refractivity contribution < 1.29 is 13.2 Å². The molecule has 0 amide bonds. The molecule has 0 aliphatic heterocycles. The van der Waals surface area contributed by atoms with Crippen molar-refractivity contribution in [3.63, 3.8) is 0 Å². The largest absolute Gasteiger partial charge is 0.433 e. The van der Waals surface area contributed by atoms with Crippen LogP contribution in [0.2, 0.25) is 0 Å². The summed E-state index contributed by atoms with van der Waals surface area (Å²) in [5, 5.41) is 2.90. The molecule has 102 valence electrons. The number of aromatic nitrogens is 1. The fourth-order valence-corrected chi connectivity index (χ4v) is 2.37. The maximum Gasteiger partial charge on any atom is 0.433 e. The van der Waals surface area contributed by atoms with Gasteiger partial charge in [-0.1, -0.05) is 0 Å². The molecule has 2 aromatic heterocycles. The van der Waals surface area contributed by atoms with Crippen LogP contribution in [0.5, 0.6) is 0 Å². The topological polar surface area (TPSA) is 50.9 Å². The number of nitrogens with zero attached hydrogens (tertiary/aromatic N) is 1. The highest BCUT2D eigenvalue weighted by Gasteiger charge is 2.32. The smallest absolute Gasteiger partial charge is 0.396 e. The summed E-state index contributed by atoms with van der Waals surface area (Å²) in [6, 6.07) is 4.81. The summed E-state index contributed by atoms with van der Waals surface area (Å²) in [5.41, 5.74) is 5.10. The minimum absolute atomic E-state index is 0.196. The number of hydrogen-bond donors (Lipinski definition) is 2. The molecular weight excluding hydrogens is 275 g/mol. The molecule has 2 aromatic rings. The van der Waals surface area contributed by atoms with E-state index in [0.717, 1.165) is 22.0 Å². The van der Waals surface area contributed by atoms with E-state index in [4.69, 9.17) is 5.73 Å². The molecule has 0 bridgehead atoms. The lowest BCUT2D eigenvalue weighted by Gasteiger charge is -2.11. The van der Waals surface area contributed by atoms with E-state index in [1.165, 1.54) is 0 Å². The van der Waals surface area contributed by atoms with Crippen LogP contribution in [0.4, 0.5) is 24.5 Å². The van der Waals surface area contributed by atoms with Crippen LogP contribution < -0.4 is 11.1 Å². The van der Waals surface area contributed by atoms with E-state index in [9.17, 15) is 13.2 Å². The van der Waals surface area contributed by atoms with Crippen LogP contribution in [0.25, 0.3) is 0 Å². The zero-order valence-electron chi connectivity index (χ0n) is 10.1.